The minimum Gasteiger partial charge on any atom is -0.478 e. The first-order valence-electron chi connectivity index (χ1n) is 10.8. The molecule has 1 aliphatic heterocycles. The summed E-state index contributed by atoms with van der Waals surface area (Å²) in [6, 6.07) is 16.6. The van der Waals surface area contributed by atoms with Crippen LogP contribution in [0.4, 0.5) is 0 Å². The van der Waals surface area contributed by atoms with E-state index in [0.717, 1.165) is 24.6 Å². The van der Waals surface area contributed by atoms with Gasteiger partial charge in [0.1, 0.15) is 5.82 Å². The maximum absolute atomic E-state index is 13.1. The summed E-state index contributed by atoms with van der Waals surface area (Å²) in [5.74, 6) is 0.328. The summed E-state index contributed by atoms with van der Waals surface area (Å²) in [5, 5.41) is 16.6. The number of aromatic amines is 1. The van der Waals surface area contributed by atoms with Gasteiger partial charge in [-0.2, -0.15) is 5.10 Å². The minimum absolute atomic E-state index is 0.00631. The number of amides is 1. The van der Waals surface area contributed by atoms with Crippen molar-refractivity contribution in [2.24, 2.45) is 0 Å². The van der Waals surface area contributed by atoms with Crippen LogP contribution in [0.25, 0.3) is 0 Å². The van der Waals surface area contributed by atoms with Crippen molar-refractivity contribution in [2.75, 3.05) is 26.2 Å². The van der Waals surface area contributed by atoms with Gasteiger partial charge < -0.3 is 10.0 Å². The highest BCUT2D eigenvalue weighted by Gasteiger charge is 2.30. The third-order valence-corrected chi connectivity index (χ3v) is 5.86. The van der Waals surface area contributed by atoms with E-state index in [9.17, 15) is 14.7 Å². The molecule has 3 aromatic rings. The number of carboxylic acid groups (broad SMARTS) is 1. The van der Waals surface area contributed by atoms with Crippen LogP contribution in [0.2, 0.25) is 0 Å². The van der Waals surface area contributed by atoms with Crippen LogP contribution in [0.5, 0.6) is 0 Å². The molecule has 1 fully saturated rings. The largest absolute Gasteiger partial charge is 0.478 e. The molecule has 0 bridgehead atoms. The normalized spacial score (nSPS) is 17.2. The molecule has 0 aliphatic carbocycles. The van der Waals surface area contributed by atoms with E-state index in [1.54, 1.807) is 17.0 Å². The van der Waals surface area contributed by atoms with Gasteiger partial charge in [0.2, 0.25) is 0 Å². The molecule has 0 saturated carbocycles. The Morgan fingerprint density at radius 1 is 1.06 bits per heavy atom. The van der Waals surface area contributed by atoms with E-state index in [1.807, 2.05) is 25.1 Å². The molecule has 1 amide bonds. The van der Waals surface area contributed by atoms with E-state index < -0.39 is 5.97 Å². The summed E-state index contributed by atoms with van der Waals surface area (Å²) < 4.78 is 0. The van der Waals surface area contributed by atoms with Crippen molar-refractivity contribution in [3.05, 3.63) is 82.9 Å². The van der Waals surface area contributed by atoms with Crippen LogP contribution in [0.3, 0.4) is 0 Å². The molecule has 2 aromatic carbocycles. The second-order valence-corrected chi connectivity index (χ2v) is 8.03. The molecule has 1 unspecified atom stereocenters. The van der Waals surface area contributed by atoms with Crippen molar-refractivity contribution in [1.82, 2.24) is 25.0 Å². The standard InChI is InChI=1S/C24H27N5O3/c1-17-25-22(27-26-17)21-11-13-29(23(30)19-8-5-9-20(16-19)24(31)32)15-14-28(21)12-10-18-6-3-2-4-7-18/h2-9,16,21H,10-15H2,1H3,(H,31,32)(H,25,26,27). The fraction of sp³-hybridized carbons (Fsp3) is 0.333. The highest BCUT2D eigenvalue weighted by atomic mass is 16.4. The first kappa shape index (κ1) is 21.7. The Morgan fingerprint density at radius 2 is 1.84 bits per heavy atom. The van der Waals surface area contributed by atoms with Crippen LogP contribution in [-0.2, 0) is 6.42 Å². The van der Waals surface area contributed by atoms with E-state index in [1.165, 1.54) is 17.7 Å². The van der Waals surface area contributed by atoms with Gasteiger partial charge in [0.15, 0.2) is 5.82 Å². The average molecular weight is 434 g/mol. The minimum atomic E-state index is -1.04. The van der Waals surface area contributed by atoms with Gasteiger partial charge in [-0.25, -0.2) is 9.78 Å². The fourth-order valence-corrected chi connectivity index (χ4v) is 4.13. The number of carbonyl (C=O) groups is 2. The van der Waals surface area contributed by atoms with E-state index in [4.69, 9.17) is 0 Å². The number of H-pyrrole nitrogens is 1. The van der Waals surface area contributed by atoms with Gasteiger partial charge in [0, 0.05) is 31.7 Å². The molecule has 166 valence electrons. The van der Waals surface area contributed by atoms with Crippen molar-refractivity contribution in [3.63, 3.8) is 0 Å². The van der Waals surface area contributed by atoms with Crippen LogP contribution < -0.4 is 0 Å². The number of hydrogen-bond donors (Lipinski definition) is 2. The summed E-state index contributed by atoms with van der Waals surface area (Å²) in [6.07, 6.45) is 1.60. The molecular formula is C24H27N5O3. The quantitative estimate of drug-likeness (QED) is 0.620. The zero-order valence-corrected chi connectivity index (χ0v) is 18.1. The lowest BCUT2D eigenvalue weighted by atomic mass is 10.1. The predicted octanol–water partition coefficient (Wildman–Crippen LogP) is 2.94. The van der Waals surface area contributed by atoms with Gasteiger partial charge in [-0.05, 0) is 43.5 Å². The van der Waals surface area contributed by atoms with E-state index in [0.29, 0.717) is 31.6 Å². The first-order chi connectivity index (χ1) is 15.5. The third-order valence-electron chi connectivity index (χ3n) is 5.86. The Morgan fingerprint density at radius 3 is 2.56 bits per heavy atom. The molecule has 1 aliphatic rings. The molecule has 32 heavy (non-hydrogen) atoms. The monoisotopic (exact) mass is 433 g/mol. The summed E-state index contributed by atoms with van der Waals surface area (Å²) >= 11 is 0. The predicted molar refractivity (Wildman–Crippen MR) is 120 cm³/mol. The topological polar surface area (TPSA) is 102 Å². The summed E-state index contributed by atoms with van der Waals surface area (Å²) in [6.45, 7) is 4.52. The van der Waals surface area contributed by atoms with Gasteiger partial charge in [0.25, 0.3) is 5.91 Å². The van der Waals surface area contributed by atoms with Gasteiger partial charge in [-0.15, -0.1) is 0 Å². The highest BCUT2D eigenvalue weighted by molar-refractivity contribution is 5.97. The zero-order valence-electron chi connectivity index (χ0n) is 18.1. The van der Waals surface area contributed by atoms with Crippen LogP contribution in [0.15, 0.2) is 54.6 Å². The molecule has 2 heterocycles. The van der Waals surface area contributed by atoms with Crippen molar-refractivity contribution < 1.29 is 14.7 Å². The number of carbonyl (C=O) groups excluding carboxylic acids is 1. The Hall–Kier alpha value is -3.52. The number of aryl methyl sites for hydroxylation is 1. The lowest BCUT2D eigenvalue weighted by Gasteiger charge is -2.27. The third kappa shape index (κ3) is 5.03. The molecule has 2 N–H and O–H groups in total. The van der Waals surface area contributed by atoms with Crippen LogP contribution >= 0.6 is 0 Å². The van der Waals surface area contributed by atoms with Crippen LogP contribution in [-0.4, -0.2) is 68.1 Å². The smallest absolute Gasteiger partial charge is 0.335 e. The van der Waals surface area contributed by atoms with Crippen LogP contribution in [0.1, 0.15) is 50.4 Å². The van der Waals surface area contributed by atoms with E-state index in [-0.39, 0.29) is 17.5 Å². The number of carboxylic acids is 1. The maximum Gasteiger partial charge on any atom is 0.335 e. The average Bonchev–Trinajstić information content (AvgIpc) is 3.13. The maximum atomic E-state index is 13.1. The second kappa shape index (κ2) is 9.74. The molecule has 0 radical (unpaired) electrons. The Kier molecular flexibility index (Phi) is 6.61. The fourth-order valence-electron chi connectivity index (χ4n) is 4.13. The van der Waals surface area contributed by atoms with E-state index in [2.05, 4.69) is 32.2 Å². The molecular weight excluding hydrogens is 406 g/mol. The number of hydrogen-bond acceptors (Lipinski definition) is 5. The second-order valence-electron chi connectivity index (χ2n) is 8.03. The SMILES string of the molecule is Cc1nc(C2CCN(C(=O)c3cccc(C(=O)O)c3)CCN2CCc2ccccc2)n[nH]1. The Bertz CT molecular complexity index is 1080. The molecule has 4 rings (SSSR count). The Balaban J connectivity index is 1.52. The van der Waals surface area contributed by atoms with E-state index >= 15 is 0 Å². The van der Waals surface area contributed by atoms with Crippen LogP contribution in [0, 0.1) is 6.92 Å². The number of nitrogens with zero attached hydrogens (tertiary/aromatic N) is 4. The number of aromatic carboxylic acids is 1. The number of aromatic nitrogens is 3. The lowest BCUT2D eigenvalue weighted by Crippen LogP contribution is -2.36. The van der Waals surface area contributed by atoms with Crippen molar-refractivity contribution in [1.29, 1.82) is 0 Å². The zero-order chi connectivity index (χ0) is 22.5. The van der Waals surface area contributed by atoms with Crippen molar-refractivity contribution in [3.8, 4) is 0 Å². The molecule has 1 atom stereocenters. The summed E-state index contributed by atoms with van der Waals surface area (Å²) in [4.78, 5) is 33.1. The first-order valence-corrected chi connectivity index (χ1v) is 10.8. The van der Waals surface area contributed by atoms with Gasteiger partial charge in [-0.1, -0.05) is 36.4 Å². The van der Waals surface area contributed by atoms with Gasteiger partial charge in [0.05, 0.1) is 11.6 Å². The number of nitrogens with one attached hydrogen (secondary N) is 1. The number of rotatable bonds is 6. The molecule has 8 heteroatoms. The summed E-state index contributed by atoms with van der Waals surface area (Å²) in [7, 11) is 0. The summed E-state index contributed by atoms with van der Waals surface area (Å²) in [5.41, 5.74) is 1.78. The molecule has 8 nitrogen and oxygen atoms in total. The van der Waals surface area contributed by atoms with Crippen molar-refractivity contribution in [2.45, 2.75) is 25.8 Å². The lowest BCUT2D eigenvalue weighted by molar-refractivity contribution is 0.0697. The van der Waals surface area contributed by atoms with Gasteiger partial charge in [-0.3, -0.25) is 14.8 Å². The molecule has 1 aromatic heterocycles. The van der Waals surface area contributed by atoms with Crippen molar-refractivity contribution >= 4 is 11.9 Å². The molecule has 1 saturated heterocycles. The highest BCUT2D eigenvalue weighted by Crippen LogP contribution is 2.25. The van der Waals surface area contributed by atoms with Gasteiger partial charge >= 0.3 is 5.97 Å². The molecule has 0 spiro atoms. The number of benzene rings is 2. The Labute approximate surface area is 186 Å².